The summed E-state index contributed by atoms with van der Waals surface area (Å²) in [6.45, 7) is 6.01. The maximum atomic E-state index is 11.6. The number of carboxylic acids is 1. The molecule has 0 heterocycles. The molecule has 104 valence electrons. The fourth-order valence-electron chi connectivity index (χ4n) is 1.30. The summed E-state index contributed by atoms with van der Waals surface area (Å²) >= 11 is 0. The molecule has 0 saturated carbocycles. The van der Waals surface area contributed by atoms with E-state index in [1.165, 1.54) is 0 Å². The van der Waals surface area contributed by atoms with Crippen molar-refractivity contribution in [1.82, 2.24) is 5.32 Å². The van der Waals surface area contributed by atoms with Crippen LogP contribution in [-0.2, 0) is 14.4 Å². The van der Waals surface area contributed by atoms with Gasteiger partial charge in [0.05, 0.1) is 0 Å². The molecule has 4 N–H and O–H groups in total. The van der Waals surface area contributed by atoms with Crippen LogP contribution in [0.25, 0.3) is 0 Å². The summed E-state index contributed by atoms with van der Waals surface area (Å²) in [5.41, 5.74) is 4.96. The highest BCUT2D eigenvalue weighted by Crippen LogP contribution is 2.20. The minimum atomic E-state index is -1.15. The summed E-state index contributed by atoms with van der Waals surface area (Å²) in [7, 11) is 0. The van der Waals surface area contributed by atoms with Crippen molar-refractivity contribution < 1.29 is 19.5 Å². The number of nitrogens with one attached hydrogen (secondary N) is 1. The van der Waals surface area contributed by atoms with Gasteiger partial charge >= 0.3 is 5.97 Å². The quantitative estimate of drug-likeness (QED) is 0.622. The third kappa shape index (κ3) is 8.55. The summed E-state index contributed by atoms with van der Waals surface area (Å²) in [6, 6.07) is -1.05. The molecule has 0 aliphatic carbocycles. The molecule has 6 nitrogen and oxygen atoms in total. The van der Waals surface area contributed by atoms with E-state index in [1.54, 1.807) is 0 Å². The predicted octanol–water partition coefficient (Wildman–Crippen LogP) is 0.648. The molecule has 6 heteroatoms. The Labute approximate surface area is 107 Å². The second kappa shape index (κ2) is 6.98. The summed E-state index contributed by atoms with van der Waals surface area (Å²) in [5, 5.41) is 11.3. The largest absolute Gasteiger partial charge is 0.480 e. The van der Waals surface area contributed by atoms with E-state index in [2.05, 4.69) is 5.32 Å². The average molecular weight is 258 g/mol. The van der Waals surface area contributed by atoms with Crippen LogP contribution in [0.4, 0.5) is 0 Å². The second-order valence-electron chi connectivity index (χ2n) is 5.52. The first-order valence-corrected chi connectivity index (χ1v) is 5.92. The Bertz CT molecular complexity index is 321. The highest BCUT2D eigenvalue weighted by atomic mass is 16.4. The summed E-state index contributed by atoms with van der Waals surface area (Å²) in [4.78, 5) is 33.0. The van der Waals surface area contributed by atoms with Crippen molar-refractivity contribution in [1.29, 1.82) is 0 Å². The van der Waals surface area contributed by atoms with Crippen molar-refractivity contribution in [2.24, 2.45) is 11.1 Å². The summed E-state index contributed by atoms with van der Waals surface area (Å²) < 4.78 is 0. The number of nitrogens with two attached hydrogens (primary N) is 1. The van der Waals surface area contributed by atoms with Crippen molar-refractivity contribution in [2.45, 2.75) is 52.5 Å². The maximum Gasteiger partial charge on any atom is 0.326 e. The van der Waals surface area contributed by atoms with Crippen molar-refractivity contribution in [3.63, 3.8) is 0 Å². The lowest BCUT2D eigenvalue weighted by atomic mass is 9.90. The normalized spacial score (nSPS) is 12.8. The van der Waals surface area contributed by atoms with Gasteiger partial charge in [0.2, 0.25) is 11.8 Å². The minimum absolute atomic E-state index is 0.0171. The Balaban J connectivity index is 4.20. The monoisotopic (exact) mass is 258 g/mol. The van der Waals surface area contributed by atoms with Crippen LogP contribution in [0, 0.1) is 5.41 Å². The zero-order valence-electron chi connectivity index (χ0n) is 11.2. The van der Waals surface area contributed by atoms with E-state index in [-0.39, 0.29) is 30.6 Å². The van der Waals surface area contributed by atoms with Crippen molar-refractivity contribution >= 4 is 17.8 Å². The molecule has 0 unspecified atom stereocenters. The Morgan fingerprint density at radius 2 is 1.78 bits per heavy atom. The number of hydrogen-bond donors (Lipinski definition) is 3. The zero-order chi connectivity index (χ0) is 14.3. The van der Waals surface area contributed by atoms with Crippen molar-refractivity contribution in [3.05, 3.63) is 0 Å². The molecule has 0 saturated heterocycles. The van der Waals surface area contributed by atoms with E-state index in [0.717, 1.165) is 0 Å². The Morgan fingerprint density at radius 1 is 1.22 bits per heavy atom. The third-order valence-corrected chi connectivity index (χ3v) is 2.41. The first-order chi connectivity index (χ1) is 8.11. The number of aliphatic carboxylic acids is 1. The lowest BCUT2D eigenvalue weighted by Crippen LogP contribution is -2.41. The first kappa shape index (κ1) is 16.4. The number of primary amides is 1. The lowest BCUT2D eigenvalue weighted by Gasteiger charge is -2.19. The molecule has 0 aromatic carbocycles. The van der Waals surface area contributed by atoms with Gasteiger partial charge in [0.15, 0.2) is 0 Å². The van der Waals surface area contributed by atoms with Crippen LogP contribution >= 0.6 is 0 Å². The standard InChI is InChI=1S/C12H22N2O4/c1-12(2,3)7-6-10(16)14-8(11(17)18)4-5-9(13)15/h8H,4-7H2,1-3H3,(H2,13,15)(H,14,16)(H,17,18)/t8-/m0/s1. The molecule has 1 atom stereocenters. The van der Waals surface area contributed by atoms with E-state index in [1.807, 2.05) is 20.8 Å². The lowest BCUT2D eigenvalue weighted by molar-refractivity contribution is -0.142. The van der Waals surface area contributed by atoms with Gasteiger partial charge in [-0.15, -0.1) is 0 Å². The third-order valence-electron chi connectivity index (χ3n) is 2.41. The highest BCUT2D eigenvalue weighted by Gasteiger charge is 2.21. The van der Waals surface area contributed by atoms with E-state index in [9.17, 15) is 14.4 Å². The molecule has 18 heavy (non-hydrogen) atoms. The van der Waals surface area contributed by atoms with E-state index >= 15 is 0 Å². The van der Waals surface area contributed by atoms with Gasteiger partial charge in [0.25, 0.3) is 0 Å². The number of amides is 2. The molecular formula is C12H22N2O4. The van der Waals surface area contributed by atoms with Gasteiger partial charge in [-0.2, -0.15) is 0 Å². The molecule has 0 aliphatic rings. The fraction of sp³-hybridized carbons (Fsp3) is 0.750. The van der Waals surface area contributed by atoms with Crippen LogP contribution in [0.3, 0.4) is 0 Å². The Hall–Kier alpha value is -1.59. The molecule has 0 aliphatic heterocycles. The fourth-order valence-corrected chi connectivity index (χ4v) is 1.30. The molecule has 0 bridgehead atoms. The number of rotatable bonds is 7. The van der Waals surface area contributed by atoms with Gasteiger partial charge < -0.3 is 16.2 Å². The SMILES string of the molecule is CC(C)(C)CCC(=O)N[C@@H](CCC(N)=O)C(=O)O. The van der Waals surface area contributed by atoms with Crippen LogP contribution in [0.15, 0.2) is 0 Å². The molecule has 0 spiro atoms. The number of hydrogen-bond acceptors (Lipinski definition) is 3. The zero-order valence-corrected chi connectivity index (χ0v) is 11.2. The number of carbonyl (C=O) groups is 3. The Morgan fingerprint density at radius 3 is 2.17 bits per heavy atom. The number of carboxylic acid groups (broad SMARTS) is 1. The summed E-state index contributed by atoms with van der Waals surface area (Å²) in [5.74, 6) is -2.05. The second-order valence-corrected chi connectivity index (χ2v) is 5.52. The predicted molar refractivity (Wildman–Crippen MR) is 66.7 cm³/mol. The van der Waals surface area contributed by atoms with Crippen LogP contribution in [0.1, 0.15) is 46.5 Å². The topological polar surface area (TPSA) is 109 Å². The van der Waals surface area contributed by atoms with E-state index in [4.69, 9.17) is 10.8 Å². The average Bonchev–Trinajstić information content (AvgIpc) is 2.19. The minimum Gasteiger partial charge on any atom is -0.480 e. The van der Waals surface area contributed by atoms with Gasteiger partial charge in [-0.3, -0.25) is 9.59 Å². The van der Waals surface area contributed by atoms with Crippen LogP contribution in [0.2, 0.25) is 0 Å². The van der Waals surface area contributed by atoms with Crippen LogP contribution < -0.4 is 11.1 Å². The number of carbonyl (C=O) groups excluding carboxylic acids is 2. The van der Waals surface area contributed by atoms with E-state index in [0.29, 0.717) is 6.42 Å². The van der Waals surface area contributed by atoms with Gasteiger partial charge in [-0.05, 0) is 18.3 Å². The molecular weight excluding hydrogens is 236 g/mol. The first-order valence-electron chi connectivity index (χ1n) is 5.92. The molecule has 0 rings (SSSR count). The van der Waals surface area contributed by atoms with Gasteiger partial charge in [0, 0.05) is 12.8 Å². The molecule has 0 radical (unpaired) electrons. The van der Waals surface area contributed by atoms with Gasteiger partial charge in [0.1, 0.15) is 6.04 Å². The van der Waals surface area contributed by atoms with Gasteiger partial charge in [-0.1, -0.05) is 20.8 Å². The summed E-state index contributed by atoms with van der Waals surface area (Å²) in [6.07, 6.45) is 0.896. The van der Waals surface area contributed by atoms with Crippen LogP contribution in [0.5, 0.6) is 0 Å². The van der Waals surface area contributed by atoms with Crippen molar-refractivity contribution in [2.75, 3.05) is 0 Å². The van der Waals surface area contributed by atoms with Crippen LogP contribution in [-0.4, -0.2) is 28.9 Å². The smallest absolute Gasteiger partial charge is 0.326 e. The Kier molecular flexibility index (Phi) is 6.36. The molecule has 0 fully saturated rings. The highest BCUT2D eigenvalue weighted by molar-refractivity contribution is 5.84. The van der Waals surface area contributed by atoms with Crippen molar-refractivity contribution in [3.8, 4) is 0 Å². The molecule has 0 aromatic rings. The maximum absolute atomic E-state index is 11.6. The van der Waals surface area contributed by atoms with E-state index < -0.39 is 17.9 Å². The molecule has 0 aromatic heterocycles. The van der Waals surface area contributed by atoms with Gasteiger partial charge in [-0.25, -0.2) is 4.79 Å². The molecule has 2 amide bonds.